The Balaban J connectivity index is 2.30. The van der Waals surface area contributed by atoms with E-state index in [2.05, 4.69) is 15.5 Å². The maximum absolute atomic E-state index is 13.0. The lowest BCUT2D eigenvalue weighted by Gasteiger charge is -2.06. The Morgan fingerprint density at radius 3 is 2.37 bits per heavy atom. The van der Waals surface area contributed by atoms with E-state index in [9.17, 15) is 18.0 Å². The molecular formula is C11H9F3N4O. The molecule has 1 aromatic heterocycles. The van der Waals surface area contributed by atoms with Gasteiger partial charge in [0.2, 0.25) is 0 Å². The van der Waals surface area contributed by atoms with Crippen LogP contribution in [0.15, 0.2) is 12.1 Å². The zero-order valence-corrected chi connectivity index (χ0v) is 9.72. The average Bonchev–Trinajstić information content (AvgIpc) is 2.66. The van der Waals surface area contributed by atoms with Crippen LogP contribution in [0.3, 0.4) is 0 Å². The zero-order valence-electron chi connectivity index (χ0n) is 9.72. The minimum Gasteiger partial charge on any atom is -0.382 e. The van der Waals surface area contributed by atoms with Crippen molar-refractivity contribution in [2.45, 2.75) is 6.92 Å². The predicted molar refractivity (Wildman–Crippen MR) is 62.0 cm³/mol. The van der Waals surface area contributed by atoms with Crippen molar-refractivity contribution in [2.24, 2.45) is 0 Å². The van der Waals surface area contributed by atoms with E-state index in [1.54, 1.807) is 6.92 Å². The van der Waals surface area contributed by atoms with Crippen LogP contribution >= 0.6 is 0 Å². The van der Waals surface area contributed by atoms with Crippen molar-refractivity contribution in [3.05, 3.63) is 40.8 Å². The van der Waals surface area contributed by atoms with Crippen LogP contribution in [0, 0.1) is 24.4 Å². The van der Waals surface area contributed by atoms with Crippen LogP contribution in [-0.2, 0) is 0 Å². The van der Waals surface area contributed by atoms with Gasteiger partial charge in [-0.15, -0.1) is 0 Å². The summed E-state index contributed by atoms with van der Waals surface area (Å²) in [7, 11) is 0. The summed E-state index contributed by atoms with van der Waals surface area (Å²) < 4.78 is 38.7. The van der Waals surface area contributed by atoms with Crippen molar-refractivity contribution in [3.8, 4) is 0 Å². The van der Waals surface area contributed by atoms with Crippen LogP contribution in [0.25, 0.3) is 0 Å². The molecule has 0 aliphatic rings. The van der Waals surface area contributed by atoms with E-state index in [4.69, 9.17) is 5.73 Å². The van der Waals surface area contributed by atoms with Crippen molar-refractivity contribution < 1.29 is 18.0 Å². The second-order valence-electron chi connectivity index (χ2n) is 3.82. The molecule has 1 amide bonds. The highest BCUT2D eigenvalue weighted by molar-refractivity contribution is 6.08. The normalized spacial score (nSPS) is 10.5. The largest absolute Gasteiger partial charge is 0.382 e. The summed E-state index contributed by atoms with van der Waals surface area (Å²) in [5.74, 6) is -5.14. The lowest BCUT2D eigenvalue weighted by molar-refractivity contribution is 0.102. The van der Waals surface area contributed by atoms with E-state index in [1.807, 2.05) is 0 Å². The lowest BCUT2D eigenvalue weighted by atomic mass is 10.2. The van der Waals surface area contributed by atoms with E-state index in [0.29, 0.717) is 17.8 Å². The highest BCUT2D eigenvalue weighted by Crippen LogP contribution is 2.19. The Morgan fingerprint density at radius 2 is 1.89 bits per heavy atom. The summed E-state index contributed by atoms with van der Waals surface area (Å²) in [4.78, 5) is 11.8. The third kappa shape index (κ3) is 2.37. The summed E-state index contributed by atoms with van der Waals surface area (Å²) >= 11 is 0. The number of benzene rings is 1. The summed E-state index contributed by atoms with van der Waals surface area (Å²) in [5, 5.41) is 8.31. The van der Waals surface area contributed by atoms with Crippen LogP contribution in [0.1, 0.15) is 16.1 Å². The molecule has 0 spiro atoms. The molecule has 0 aliphatic carbocycles. The van der Waals surface area contributed by atoms with Crippen LogP contribution in [-0.4, -0.2) is 16.1 Å². The second kappa shape index (κ2) is 4.63. The molecule has 0 bridgehead atoms. The van der Waals surface area contributed by atoms with Gasteiger partial charge in [0.15, 0.2) is 23.3 Å². The molecule has 1 heterocycles. The molecular weight excluding hydrogens is 261 g/mol. The molecule has 0 aliphatic heterocycles. The number of anilines is 2. The first kappa shape index (κ1) is 12.9. The number of aromatic nitrogens is 2. The number of halogens is 3. The molecule has 0 atom stereocenters. The van der Waals surface area contributed by atoms with E-state index >= 15 is 0 Å². The van der Waals surface area contributed by atoms with Crippen molar-refractivity contribution in [3.63, 3.8) is 0 Å². The third-order valence-electron chi connectivity index (χ3n) is 2.44. The van der Waals surface area contributed by atoms with E-state index in [-0.39, 0.29) is 17.1 Å². The minimum absolute atomic E-state index is 0.0435. The van der Waals surface area contributed by atoms with Gasteiger partial charge >= 0.3 is 0 Å². The van der Waals surface area contributed by atoms with Crippen molar-refractivity contribution >= 4 is 17.4 Å². The third-order valence-corrected chi connectivity index (χ3v) is 2.44. The molecule has 1 aromatic carbocycles. The lowest BCUT2D eigenvalue weighted by Crippen LogP contribution is -2.14. The topological polar surface area (TPSA) is 83.8 Å². The molecule has 0 fully saturated rings. The molecule has 5 nitrogen and oxygen atoms in total. The minimum atomic E-state index is -1.60. The van der Waals surface area contributed by atoms with Gasteiger partial charge in [-0.3, -0.25) is 9.89 Å². The van der Waals surface area contributed by atoms with Crippen LogP contribution in [0.4, 0.5) is 24.7 Å². The fourth-order valence-electron chi connectivity index (χ4n) is 1.56. The smallest absolute Gasteiger partial charge is 0.261 e. The number of nitrogen functional groups attached to an aromatic ring is 1. The Bertz CT molecular complexity index is 611. The Morgan fingerprint density at radius 1 is 1.32 bits per heavy atom. The molecule has 8 heteroatoms. The molecule has 19 heavy (non-hydrogen) atoms. The summed E-state index contributed by atoms with van der Waals surface area (Å²) in [6.07, 6.45) is 0. The van der Waals surface area contributed by atoms with E-state index in [0.717, 1.165) is 0 Å². The molecule has 4 N–H and O–H groups in total. The van der Waals surface area contributed by atoms with Gasteiger partial charge in [-0.25, -0.2) is 13.2 Å². The first-order chi connectivity index (χ1) is 8.90. The number of amides is 1. The van der Waals surface area contributed by atoms with Gasteiger partial charge in [0.1, 0.15) is 5.56 Å². The van der Waals surface area contributed by atoms with Gasteiger partial charge in [-0.2, -0.15) is 5.10 Å². The highest BCUT2D eigenvalue weighted by Gasteiger charge is 2.18. The first-order valence-corrected chi connectivity index (χ1v) is 5.16. The van der Waals surface area contributed by atoms with Gasteiger partial charge in [-0.05, 0) is 6.92 Å². The molecule has 100 valence electrons. The number of nitrogens with two attached hydrogens (primary N) is 1. The maximum atomic E-state index is 13.0. The fraction of sp³-hybridized carbons (Fsp3) is 0.0909. The average molecular weight is 270 g/mol. The summed E-state index contributed by atoms with van der Waals surface area (Å²) in [6.45, 7) is 1.56. The van der Waals surface area contributed by atoms with Gasteiger partial charge in [0.05, 0.1) is 0 Å². The standard InChI is InChI=1S/C11H9F3N4O/c1-4-8(10(15)18-17-4)11(19)16-5-2-6(12)9(14)7(13)3-5/h2-3H,1H3,(H,16,19)(H3,15,17,18). The van der Waals surface area contributed by atoms with Crippen LogP contribution < -0.4 is 11.1 Å². The van der Waals surface area contributed by atoms with Gasteiger partial charge < -0.3 is 11.1 Å². The predicted octanol–water partition coefficient (Wildman–Crippen LogP) is 1.97. The number of nitrogens with zero attached hydrogens (tertiary/aromatic N) is 1. The first-order valence-electron chi connectivity index (χ1n) is 5.16. The quantitative estimate of drug-likeness (QED) is 0.729. The van der Waals surface area contributed by atoms with Gasteiger partial charge in [0, 0.05) is 23.5 Å². The van der Waals surface area contributed by atoms with Crippen molar-refractivity contribution in [1.29, 1.82) is 0 Å². The molecule has 0 radical (unpaired) electrons. The molecule has 2 rings (SSSR count). The van der Waals surface area contributed by atoms with Gasteiger partial charge in [0.25, 0.3) is 5.91 Å². The summed E-state index contributed by atoms with van der Waals surface area (Å²) in [6, 6.07) is 1.34. The number of nitrogens with one attached hydrogen (secondary N) is 2. The molecule has 0 unspecified atom stereocenters. The number of H-pyrrole nitrogens is 1. The monoisotopic (exact) mass is 270 g/mol. The number of aromatic amines is 1. The number of hydrogen-bond acceptors (Lipinski definition) is 3. The number of rotatable bonds is 2. The second-order valence-corrected chi connectivity index (χ2v) is 3.82. The van der Waals surface area contributed by atoms with Crippen molar-refractivity contribution in [1.82, 2.24) is 10.2 Å². The Kier molecular flexibility index (Phi) is 3.16. The zero-order chi connectivity index (χ0) is 14.2. The maximum Gasteiger partial charge on any atom is 0.261 e. The summed E-state index contributed by atoms with van der Waals surface area (Å²) in [5.41, 5.74) is 5.71. The van der Waals surface area contributed by atoms with E-state index in [1.165, 1.54) is 0 Å². The molecule has 2 aromatic rings. The number of carbonyl (C=O) groups excluding carboxylic acids is 1. The van der Waals surface area contributed by atoms with Crippen molar-refractivity contribution in [2.75, 3.05) is 11.1 Å². The molecule has 0 saturated heterocycles. The van der Waals surface area contributed by atoms with E-state index < -0.39 is 23.4 Å². The number of hydrogen-bond donors (Lipinski definition) is 3. The fourth-order valence-corrected chi connectivity index (χ4v) is 1.56. The molecule has 0 saturated carbocycles. The Labute approximate surface area is 105 Å². The number of carbonyl (C=O) groups is 1. The Hall–Kier alpha value is -2.51. The SMILES string of the molecule is Cc1[nH]nc(N)c1C(=O)Nc1cc(F)c(F)c(F)c1. The van der Waals surface area contributed by atoms with Crippen LogP contribution in [0.2, 0.25) is 0 Å². The highest BCUT2D eigenvalue weighted by atomic mass is 19.2. The number of aryl methyl sites for hydroxylation is 1. The van der Waals surface area contributed by atoms with Crippen LogP contribution in [0.5, 0.6) is 0 Å². The van der Waals surface area contributed by atoms with Gasteiger partial charge in [-0.1, -0.05) is 0 Å².